The SMILES string of the molecule is CC1=NC2=C(C)CNN2C=C1. The molecule has 0 aromatic heterocycles. The van der Waals surface area contributed by atoms with Crippen LogP contribution in [0.15, 0.2) is 28.7 Å². The highest BCUT2D eigenvalue weighted by Crippen LogP contribution is 2.19. The number of fused-ring (bicyclic) bond motifs is 1. The van der Waals surface area contributed by atoms with Gasteiger partial charge in [0.15, 0.2) is 0 Å². The van der Waals surface area contributed by atoms with Crippen LogP contribution in [0.2, 0.25) is 0 Å². The molecule has 58 valence electrons. The molecule has 2 heterocycles. The van der Waals surface area contributed by atoms with E-state index in [-0.39, 0.29) is 0 Å². The van der Waals surface area contributed by atoms with Crippen molar-refractivity contribution >= 4 is 5.71 Å². The smallest absolute Gasteiger partial charge is 0.147 e. The fourth-order valence-corrected chi connectivity index (χ4v) is 1.22. The Balaban J connectivity index is 2.40. The first kappa shape index (κ1) is 6.61. The molecule has 0 aliphatic carbocycles. The van der Waals surface area contributed by atoms with Gasteiger partial charge >= 0.3 is 0 Å². The number of hydrazine groups is 1. The molecule has 1 N–H and O–H groups in total. The van der Waals surface area contributed by atoms with Crippen molar-refractivity contribution in [1.29, 1.82) is 0 Å². The summed E-state index contributed by atoms with van der Waals surface area (Å²) in [5, 5.41) is 1.96. The maximum atomic E-state index is 4.40. The maximum Gasteiger partial charge on any atom is 0.147 e. The van der Waals surface area contributed by atoms with Crippen molar-refractivity contribution in [2.24, 2.45) is 4.99 Å². The minimum absolute atomic E-state index is 0.913. The van der Waals surface area contributed by atoms with Gasteiger partial charge in [0.1, 0.15) is 5.82 Å². The predicted molar refractivity (Wildman–Crippen MR) is 44.8 cm³/mol. The van der Waals surface area contributed by atoms with Crippen LogP contribution >= 0.6 is 0 Å². The van der Waals surface area contributed by atoms with Crippen molar-refractivity contribution in [1.82, 2.24) is 10.4 Å². The second kappa shape index (κ2) is 2.20. The molecule has 3 nitrogen and oxygen atoms in total. The molecule has 0 bridgehead atoms. The number of aliphatic imine (C=N–C) groups is 1. The van der Waals surface area contributed by atoms with Crippen molar-refractivity contribution in [2.75, 3.05) is 6.54 Å². The van der Waals surface area contributed by atoms with Gasteiger partial charge in [-0.05, 0) is 25.5 Å². The van der Waals surface area contributed by atoms with E-state index in [1.54, 1.807) is 0 Å². The van der Waals surface area contributed by atoms with Crippen LogP contribution in [-0.2, 0) is 0 Å². The van der Waals surface area contributed by atoms with E-state index in [4.69, 9.17) is 0 Å². The number of rotatable bonds is 0. The Labute approximate surface area is 66.1 Å². The molecule has 0 atom stereocenters. The molecule has 0 aromatic rings. The van der Waals surface area contributed by atoms with Crippen molar-refractivity contribution in [3.63, 3.8) is 0 Å². The summed E-state index contributed by atoms with van der Waals surface area (Å²) in [6.07, 6.45) is 4.00. The zero-order valence-corrected chi connectivity index (χ0v) is 6.76. The van der Waals surface area contributed by atoms with Gasteiger partial charge in [-0.25, -0.2) is 10.4 Å². The van der Waals surface area contributed by atoms with E-state index in [9.17, 15) is 0 Å². The highest BCUT2D eigenvalue weighted by atomic mass is 15.5. The van der Waals surface area contributed by atoms with Gasteiger partial charge in [-0.1, -0.05) is 0 Å². The normalized spacial score (nSPS) is 22.4. The molecule has 0 unspecified atom stereocenters. The van der Waals surface area contributed by atoms with Crippen LogP contribution in [-0.4, -0.2) is 17.3 Å². The Hall–Kier alpha value is -1.09. The molecule has 11 heavy (non-hydrogen) atoms. The molecule has 0 fully saturated rings. The van der Waals surface area contributed by atoms with Crippen LogP contribution in [0, 0.1) is 0 Å². The van der Waals surface area contributed by atoms with Gasteiger partial charge in [-0.2, -0.15) is 0 Å². The molecule has 2 rings (SSSR count). The van der Waals surface area contributed by atoms with Gasteiger partial charge in [0.25, 0.3) is 0 Å². The summed E-state index contributed by atoms with van der Waals surface area (Å²) in [5.41, 5.74) is 5.56. The minimum Gasteiger partial charge on any atom is -0.267 e. The van der Waals surface area contributed by atoms with Crippen LogP contribution in [0.25, 0.3) is 0 Å². The zero-order valence-electron chi connectivity index (χ0n) is 6.76. The number of nitrogens with zero attached hydrogens (tertiary/aromatic N) is 2. The summed E-state index contributed by atoms with van der Waals surface area (Å²) in [6.45, 7) is 5.02. The summed E-state index contributed by atoms with van der Waals surface area (Å²) in [6, 6.07) is 0. The number of hydrogen-bond acceptors (Lipinski definition) is 3. The topological polar surface area (TPSA) is 27.6 Å². The average Bonchev–Trinajstić information content (AvgIpc) is 2.33. The van der Waals surface area contributed by atoms with Crippen LogP contribution < -0.4 is 5.43 Å². The summed E-state index contributed by atoms with van der Waals surface area (Å²) in [7, 11) is 0. The third-order valence-electron chi connectivity index (χ3n) is 1.87. The zero-order chi connectivity index (χ0) is 7.84. The molecule has 0 saturated heterocycles. The van der Waals surface area contributed by atoms with E-state index in [1.165, 1.54) is 5.57 Å². The van der Waals surface area contributed by atoms with E-state index < -0.39 is 0 Å². The highest BCUT2D eigenvalue weighted by Gasteiger charge is 2.18. The van der Waals surface area contributed by atoms with Crippen molar-refractivity contribution in [3.8, 4) is 0 Å². The number of hydrogen-bond donors (Lipinski definition) is 1. The van der Waals surface area contributed by atoms with Gasteiger partial charge in [-0.15, -0.1) is 0 Å². The lowest BCUT2D eigenvalue weighted by atomic mass is 10.3. The van der Waals surface area contributed by atoms with E-state index in [0.717, 1.165) is 18.1 Å². The first-order valence-corrected chi connectivity index (χ1v) is 3.73. The van der Waals surface area contributed by atoms with E-state index in [1.807, 2.05) is 24.2 Å². The molecule has 2 aliphatic rings. The summed E-state index contributed by atoms with van der Waals surface area (Å²) in [4.78, 5) is 4.40. The predicted octanol–water partition coefficient (Wildman–Crippen LogP) is 1.03. The van der Waals surface area contributed by atoms with Crippen molar-refractivity contribution in [3.05, 3.63) is 23.7 Å². The summed E-state index contributed by atoms with van der Waals surface area (Å²) < 4.78 is 0. The first-order valence-electron chi connectivity index (χ1n) is 3.73. The lowest BCUT2D eigenvalue weighted by Crippen LogP contribution is -2.27. The van der Waals surface area contributed by atoms with Crippen molar-refractivity contribution in [2.45, 2.75) is 13.8 Å². The minimum atomic E-state index is 0.913. The number of allylic oxidation sites excluding steroid dienone is 1. The molecule has 0 amide bonds. The van der Waals surface area contributed by atoms with Gasteiger partial charge in [0.2, 0.25) is 0 Å². The van der Waals surface area contributed by atoms with Crippen LogP contribution in [0.4, 0.5) is 0 Å². The molecule has 0 saturated carbocycles. The second-order valence-corrected chi connectivity index (χ2v) is 2.88. The average molecular weight is 149 g/mol. The van der Waals surface area contributed by atoms with Crippen LogP contribution in [0.5, 0.6) is 0 Å². The molecular formula is C8H11N3. The largest absolute Gasteiger partial charge is 0.267 e. The van der Waals surface area contributed by atoms with Gasteiger partial charge < -0.3 is 0 Å². The monoisotopic (exact) mass is 149 g/mol. The Bertz CT molecular complexity index is 273. The Morgan fingerprint density at radius 2 is 2.36 bits per heavy atom. The highest BCUT2D eigenvalue weighted by molar-refractivity contribution is 5.94. The maximum absolute atomic E-state index is 4.40. The van der Waals surface area contributed by atoms with Gasteiger partial charge in [0.05, 0.1) is 0 Å². The van der Waals surface area contributed by atoms with E-state index >= 15 is 0 Å². The van der Waals surface area contributed by atoms with Crippen molar-refractivity contribution < 1.29 is 0 Å². The van der Waals surface area contributed by atoms with E-state index in [2.05, 4.69) is 17.3 Å². The number of nitrogens with one attached hydrogen (secondary N) is 1. The van der Waals surface area contributed by atoms with Gasteiger partial charge in [-0.3, -0.25) is 5.01 Å². The molecule has 2 aliphatic heterocycles. The third kappa shape index (κ3) is 0.973. The van der Waals surface area contributed by atoms with E-state index in [0.29, 0.717) is 0 Å². The first-order chi connectivity index (χ1) is 5.27. The lowest BCUT2D eigenvalue weighted by molar-refractivity contribution is 0.382. The fourth-order valence-electron chi connectivity index (χ4n) is 1.22. The molecule has 0 spiro atoms. The van der Waals surface area contributed by atoms with Crippen LogP contribution in [0.1, 0.15) is 13.8 Å². The third-order valence-corrected chi connectivity index (χ3v) is 1.87. The molecule has 3 heteroatoms. The Morgan fingerprint density at radius 1 is 1.55 bits per heavy atom. The summed E-state index contributed by atoms with van der Waals surface area (Å²) in [5.74, 6) is 1.06. The summed E-state index contributed by atoms with van der Waals surface area (Å²) >= 11 is 0. The standard InChI is InChI=1S/C8H11N3/c1-6-5-9-11-4-3-7(2)10-8(6)11/h3-4,9H,5H2,1-2H3. The quantitative estimate of drug-likeness (QED) is 0.557. The Kier molecular flexibility index (Phi) is 1.32. The molecular weight excluding hydrogens is 138 g/mol. The van der Waals surface area contributed by atoms with Crippen LogP contribution in [0.3, 0.4) is 0 Å². The molecule has 0 aromatic carbocycles. The fraction of sp³-hybridized carbons (Fsp3) is 0.375. The lowest BCUT2D eigenvalue weighted by Gasteiger charge is -2.17. The van der Waals surface area contributed by atoms with Gasteiger partial charge in [0, 0.05) is 18.5 Å². The second-order valence-electron chi connectivity index (χ2n) is 2.88. The molecule has 0 radical (unpaired) electrons. The Morgan fingerprint density at radius 3 is 3.18 bits per heavy atom.